The van der Waals surface area contributed by atoms with Crippen molar-refractivity contribution in [3.63, 3.8) is 0 Å². The van der Waals surface area contributed by atoms with Crippen LogP contribution >= 0.6 is 15.9 Å². The van der Waals surface area contributed by atoms with Gasteiger partial charge in [-0.25, -0.2) is 0 Å². The molecule has 0 aliphatic carbocycles. The van der Waals surface area contributed by atoms with Gasteiger partial charge in [0.15, 0.2) is 0 Å². The number of nitrogens with one attached hydrogen (secondary N) is 1. The van der Waals surface area contributed by atoms with Gasteiger partial charge in [-0.2, -0.15) is 0 Å². The highest BCUT2D eigenvalue weighted by atomic mass is 79.9. The molecule has 0 saturated carbocycles. The van der Waals surface area contributed by atoms with Crippen LogP contribution in [0, 0.1) is 0 Å². The van der Waals surface area contributed by atoms with Crippen LogP contribution in [0.4, 0.5) is 0 Å². The second-order valence-electron chi connectivity index (χ2n) is 5.34. The van der Waals surface area contributed by atoms with Gasteiger partial charge in [-0.05, 0) is 42.8 Å². The van der Waals surface area contributed by atoms with E-state index in [-0.39, 0.29) is 5.91 Å². The number of benzene rings is 1. The normalized spacial score (nSPS) is 13.2. The monoisotopic (exact) mass is 352 g/mol. The molecule has 1 heterocycles. The minimum absolute atomic E-state index is 0.177. The SMILES string of the molecule is CN(C)C(=O)CCCNCC1=Cc2cc(Br)ccc2OC1. The smallest absolute Gasteiger partial charge is 0.222 e. The minimum Gasteiger partial charge on any atom is -0.489 e. The molecule has 1 N–H and O–H groups in total. The number of ether oxygens (including phenoxy) is 1. The van der Waals surface area contributed by atoms with Crippen LogP contribution in [0.3, 0.4) is 0 Å². The van der Waals surface area contributed by atoms with Gasteiger partial charge in [0.25, 0.3) is 0 Å². The van der Waals surface area contributed by atoms with Crippen LogP contribution in [0.5, 0.6) is 5.75 Å². The predicted molar refractivity (Wildman–Crippen MR) is 88.4 cm³/mol. The maximum absolute atomic E-state index is 11.4. The van der Waals surface area contributed by atoms with Crippen molar-refractivity contribution in [2.75, 3.05) is 33.8 Å². The average molecular weight is 353 g/mol. The summed E-state index contributed by atoms with van der Waals surface area (Å²) in [4.78, 5) is 13.1. The van der Waals surface area contributed by atoms with Crippen LogP contribution in [0.15, 0.2) is 28.2 Å². The lowest BCUT2D eigenvalue weighted by atomic mass is 10.1. The second kappa shape index (κ2) is 7.61. The van der Waals surface area contributed by atoms with Gasteiger partial charge >= 0.3 is 0 Å². The predicted octanol–water partition coefficient (Wildman–Crippen LogP) is 2.68. The summed E-state index contributed by atoms with van der Waals surface area (Å²) in [7, 11) is 3.57. The lowest BCUT2D eigenvalue weighted by molar-refractivity contribution is -0.128. The minimum atomic E-state index is 0.177. The zero-order chi connectivity index (χ0) is 15.2. The molecule has 0 atom stereocenters. The Morgan fingerprint density at radius 3 is 3.00 bits per heavy atom. The van der Waals surface area contributed by atoms with Crippen molar-refractivity contribution in [1.29, 1.82) is 0 Å². The first kappa shape index (κ1) is 16.0. The van der Waals surface area contributed by atoms with E-state index in [4.69, 9.17) is 4.74 Å². The van der Waals surface area contributed by atoms with Crippen LogP contribution in [0.1, 0.15) is 18.4 Å². The molecule has 1 aliphatic rings. The molecule has 114 valence electrons. The molecule has 1 aromatic carbocycles. The molecule has 0 aromatic heterocycles. The second-order valence-corrected chi connectivity index (χ2v) is 6.26. The molecule has 0 bridgehead atoms. The van der Waals surface area contributed by atoms with Gasteiger partial charge in [0.05, 0.1) is 0 Å². The van der Waals surface area contributed by atoms with E-state index in [1.165, 1.54) is 5.57 Å². The van der Waals surface area contributed by atoms with E-state index < -0.39 is 0 Å². The molecule has 0 saturated heterocycles. The molecule has 4 nitrogen and oxygen atoms in total. The van der Waals surface area contributed by atoms with Gasteiger partial charge < -0.3 is 15.0 Å². The van der Waals surface area contributed by atoms with E-state index in [1.807, 2.05) is 12.1 Å². The van der Waals surface area contributed by atoms with Crippen LogP contribution < -0.4 is 10.1 Å². The summed E-state index contributed by atoms with van der Waals surface area (Å²) in [6.07, 6.45) is 3.61. The van der Waals surface area contributed by atoms with Crippen molar-refractivity contribution in [2.24, 2.45) is 0 Å². The van der Waals surface area contributed by atoms with E-state index in [0.717, 1.165) is 35.3 Å². The number of halogens is 1. The van der Waals surface area contributed by atoms with Gasteiger partial charge in [-0.1, -0.05) is 15.9 Å². The first-order valence-electron chi connectivity index (χ1n) is 7.09. The topological polar surface area (TPSA) is 41.6 Å². The van der Waals surface area contributed by atoms with Gasteiger partial charge in [0.2, 0.25) is 5.91 Å². The third-order valence-electron chi connectivity index (χ3n) is 3.34. The molecule has 0 spiro atoms. The van der Waals surface area contributed by atoms with Crippen molar-refractivity contribution < 1.29 is 9.53 Å². The number of hydrogen-bond donors (Lipinski definition) is 1. The Morgan fingerprint density at radius 2 is 2.24 bits per heavy atom. The Bertz CT molecular complexity index is 541. The molecule has 1 aliphatic heterocycles. The molecular formula is C16H21BrN2O2. The van der Waals surface area contributed by atoms with E-state index in [0.29, 0.717) is 13.0 Å². The summed E-state index contributed by atoms with van der Waals surface area (Å²) in [6.45, 7) is 2.25. The van der Waals surface area contributed by atoms with Crippen molar-refractivity contribution >= 4 is 27.9 Å². The molecular weight excluding hydrogens is 332 g/mol. The lowest BCUT2D eigenvalue weighted by Crippen LogP contribution is -2.25. The Kier molecular flexibility index (Phi) is 5.82. The molecule has 0 fully saturated rings. The number of rotatable bonds is 6. The Labute approximate surface area is 134 Å². The largest absolute Gasteiger partial charge is 0.489 e. The quantitative estimate of drug-likeness (QED) is 0.800. The standard InChI is InChI=1S/C16H21BrN2O2/c1-19(2)16(20)4-3-7-18-10-12-8-13-9-14(17)5-6-15(13)21-11-12/h5-6,8-9,18H,3-4,7,10-11H2,1-2H3. The molecule has 2 rings (SSSR count). The highest BCUT2D eigenvalue weighted by molar-refractivity contribution is 9.10. The lowest BCUT2D eigenvalue weighted by Gasteiger charge is -2.18. The number of amides is 1. The number of carbonyl (C=O) groups is 1. The maximum Gasteiger partial charge on any atom is 0.222 e. The molecule has 1 aromatic rings. The molecule has 0 unspecified atom stereocenters. The van der Waals surface area contributed by atoms with Gasteiger partial charge in [-0.3, -0.25) is 4.79 Å². The summed E-state index contributed by atoms with van der Waals surface area (Å²) in [6, 6.07) is 6.02. The van der Waals surface area contributed by atoms with Crippen LogP contribution in [0.25, 0.3) is 6.08 Å². The van der Waals surface area contributed by atoms with E-state index in [9.17, 15) is 4.79 Å². The Morgan fingerprint density at radius 1 is 1.43 bits per heavy atom. The first-order valence-corrected chi connectivity index (χ1v) is 7.88. The molecule has 5 heteroatoms. The summed E-state index contributed by atoms with van der Waals surface area (Å²) < 4.78 is 6.78. The third-order valence-corrected chi connectivity index (χ3v) is 3.83. The number of nitrogens with zero attached hydrogens (tertiary/aromatic N) is 1. The van der Waals surface area contributed by atoms with E-state index in [1.54, 1.807) is 19.0 Å². The third kappa shape index (κ3) is 4.86. The zero-order valence-corrected chi connectivity index (χ0v) is 14.1. The highest BCUT2D eigenvalue weighted by Gasteiger charge is 2.11. The Hall–Kier alpha value is -1.33. The fourth-order valence-corrected chi connectivity index (χ4v) is 2.51. The number of fused-ring (bicyclic) bond motifs is 1. The summed E-state index contributed by atoms with van der Waals surface area (Å²) in [5.41, 5.74) is 2.33. The summed E-state index contributed by atoms with van der Waals surface area (Å²) in [5, 5.41) is 3.36. The number of carbonyl (C=O) groups excluding carboxylic acids is 1. The molecule has 21 heavy (non-hydrogen) atoms. The first-order chi connectivity index (χ1) is 10.1. The van der Waals surface area contributed by atoms with Gasteiger partial charge in [0, 0.05) is 37.1 Å². The van der Waals surface area contributed by atoms with Crippen LogP contribution in [-0.4, -0.2) is 44.6 Å². The van der Waals surface area contributed by atoms with E-state index in [2.05, 4.69) is 33.4 Å². The van der Waals surface area contributed by atoms with Gasteiger partial charge in [0.1, 0.15) is 12.4 Å². The highest BCUT2D eigenvalue weighted by Crippen LogP contribution is 2.28. The van der Waals surface area contributed by atoms with Crippen molar-refractivity contribution in [3.05, 3.63) is 33.8 Å². The van der Waals surface area contributed by atoms with Crippen molar-refractivity contribution in [2.45, 2.75) is 12.8 Å². The zero-order valence-electron chi connectivity index (χ0n) is 12.5. The van der Waals surface area contributed by atoms with E-state index >= 15 is 0 Å². The molecule has 1 amide bonds. The van der Waals surface area contributed by atoms with Crippen molar-refractivity contribution in [1.82, 2.24) is 10.2 Å². The summed E-state index contributed by atoms with van der Waals surface area (Å²) >= 11 is 3.47. The van der Waals surface area contributed by atoms with Crippen LogP contribution in [0.2, 0.25) is 0 Å². The fraction of sp³-hybridized carbons (Fsp3) is 0.438. The summed E-state index contributed by atoms with van der Waals surface area (Å²) in [5.74, 6) is 1.11. The van der Waals surface area contributed by atoms with Gasteiger partial charge in [-0.15, -0.1) is 0 Å². The Balaban J connectivity index is 1.76. The van der Waals surface area contributed by atoms with Crippen molar-refractivity contribution in [3.8, 4) is 5.75 Å². The average Bonchev–Trinajstić information content (AvgIpc) is 2.46. The maximum atomic E-state index is 11.4. The number of hydrogen-bond acceptors (Lipinski definition) is 3. The molecule has 0 radical (unpaired) electrons. The van der Waals surface area contributed by atoms with Crippen LogP contribution in [-0.2, 0) is 4.79 Å². The fourth-order valence-electron chi connectivity index (χ4n) is 2.13.